The summed E-state index contributed by atoms with van der Waals surface area (Å²) in [5, 5.41) is 14.8. The average molecular weight is 410 g/mol. The third-order valence-electron chi connectivity index (χ3n) is 5.28. The molecule has 158 valence electrons. The van der Waals surface area contributed by atoms with Gasteiger partial charge in [-0.3, -0.25) is 4.90 Å². The van der Waals surface area contributed by atoms with Gasteiger partial charge in [-0.25, -0.2) is 9.07 Å². The van der Waals surface area contributed by atoms with Gasteiger partial charge in [0.2, 0.25) is 5.88 Å². The van der Waals surface area contributed by atoms with Crippen molar-refractivity contribution in [3.8, 4) is 22.9 Å². The van der Waals surface area contributed by atoms with Gasteiger partial charge in [-0.15, -0.1) is 0 Å². The second-order valence-corrected chi connectivity index (χ2v) is 8.16. The maximum Gasteiger partial charge on any atom is 0.222 e. The third kappa shape index (κ3) is 5.07. The van der Waals surface area contributed by atoms with E-state index in [1.807, 2.05) is 44.3 Å². The Morgan fingerprint density at radius 2 is 1.87 bits per heavy atom. The summed E-state index contributed by atoms with van der Waals surface area (Å²) in [6.45, 7) is 3.98. The first-order chi connectivity index (χ1) is 14.5. The highest BCUT2D eigenvalue weighted by molar-refractivity contribution is 5.65. The van der Waals surface area contributed by atoms with Crippen LogP contribution in [0.15, 0.2) is 54.6 Å². The molecule has 0 unspecified atom stereocenters. The summed E-state index contributed by atoms with van der Waals surface area (Å²) in [6.07, 6.45) is 2.07. The molecule has 4 rings (SSSR count). The molecule has 0 bridgehead atoms. The molecule has 3 aromatic rings. The van der Waals surface area contributed by atoms with Crippen molar-refractivity contribution < 1.29 is 14.2 Å². The van der Waals surface area contributed by atoms with E-state index in [4.69, 9.17) is 9.84 Å². The lowest BCUT2D eigenvalue weighted by Crippen LogP contribution is -2.32. The van der Waals surface area contributed by atoms with E-state index in [0.717, 1.165) is 23.4 Å². The number of nitrogens with zero attached hydrogens (tertiary/aromatic N) is 3. The molecule has 0 amide bonds. The van der Waals surface area contributed by atoms with Crippen molar-refractivity contribution in [2.45, 2.75) is 32.4 Å². The molecule has 1 fully saturated rings. The Labute approximate surface area is 176 Å². The van der Waals surface area contributed by atoms with Gasteiger partial charge in [0.25, 0.3) is 0 Å². The van der Waals surface area contributed by atoms with Gasteiger partial charge in [-0.2, -0.15) is 5.10 Å². The topological polar surface area (TPSA) is 50.5 Å². The van der Waals surface area contributed by atoms with Gasteiger partial charge in [-0.05, 0) is 49.9 Å². The van der Waals surface area contributed by atoms with Crippen molar-refractivity contribution in [1.82, 2.24) is 14.7 Å². The number of aromatic nitrogens is 2. The minimum absolute atomic E-state index is 0.301. The van der Waals surface area contributed by atoms with Crippen molar-refractivity contribution in [3.05, 3.63) is 66.0 Å². The summed E-state index contributed by atoms with van der Waals surface area (Å²) in [6, 6.07) is 16.0. The Morgan fingerprint density at radius 1 is 1.17 bits per heavy atom. The number of ether oxygens (including phenoxy) is 1. The van der Waals surface area contributed by atoms with Crippen molar-refractivity contribution in [2.75, 3.05) is 13.1 Å². The van der Waals surface area contributed by atoms with E-state index >= 15 is 0 Å². The summed E-state index contributed by atoms with van der Waals surface area (Å²) in [4.78, 5) is 2.28. The molecule has 1 saturated carbocycles. The number of hydrogen-bond donors (Lipinski definition) is 1. The number of aryl methyl sites for hydroxylation is 1. The lowest BCUT2D eigenvalue weighted by Gasteiger charge is -2.24. The van der Waals surface area contributed by atoms with E-state index < -0.39 is 6.10 Å². The van der Waals surface area contributed by atoms with Gasteiger partial charge >= 0.3 is 0 Å². The molecule has 1 atom stereocenters. The van der Waals surface area contributed by atoms with Crippen LogP contribution in [0.1, 0.15) is 25.3 Å². The minimum atomic E-state index is -0.415. The van der Waals surface area contributed by atoms with Crippen molar-refractivity contribution in [1.29, 1.82) is 0 Å². The molecule has 30 heavy (non-hydrogen) atoms. The van der Waals surface area contributed by atoms with Crippen LogP contribution in [-0.2, 0) is 13.6 Å². The van der Waals surface area contributed by atoms with E-state index in [0.29, 0.717) is 30.6 Å². The molecule has 1 N–H and O–H groups in total. The molecule has 1 aliphatic carbocycles. The second-order valence-electron chi connectivity index (χ2n) is 8.16. The van der Waals surface area contributed by atoms with Crippen molar-refractivity contribution in [3.63, 3.8) is 0 Å². The van der Waals surface area contributed by atoms with Crippen molar-refractivity contribution in [2.24, 2.45) is 13.0 Å². The molecule has 1 aromatic heterocycles. The third-order valence-corrected chi connectivity index (χ3v) is 5.28. The zero-order valence-electron chi connectivity index (χ0n) is 17.5. The molecule has 6 heteroatoms. The van der Waals surface area contributed by atoms with Crippen LogP contribution < -0.4 is 4.74 Å². The van der Waals surface area contributed by atoms with Gasteiger partial charge < -0.3 is 9.84 Å². The van der Waals surface area contributed by atoms with E-state index in [1.54, 1.807) is 16.8 Å². The largest absolute Gasteiger partial charge is 0.439 e. The zero-order valence-corrected chi connectivity index (χ0v) is 17.5. The summed E-state index contributed by atoms with van der Waals surface area (Å²) >= 11 is 0. The minimum Gasteiger partial charge on any atom is -0.439 e. The molecular formula is C24H28FN3O2. The Morgan fingerprint density at radius 3 is 2.50 bits per heavy atom. The molecule has 1 aliphatic rings. The van der Waals surface area contributed by atoms with E-state index in [-0.39, 0.29) is 5.82 Å². The SMILES string of the molecule is C[C@H](O)CN(Cc1c(-c2ccccc2)nn(C)c1Oc1ccc(F)cc1)CC1CC1. The van der Waals surface area contributed by atoms with Crippen molar-refractivity contribution >= 4 is 0 Å². The standard InChI is InChI=1S/C24H28FN3O2/c1-17(29)14-28(15-18-8-9-18)16-22-23(19-6-4-3-5-7-19)26-27(2)24(22)30-21-12-10-20(25)11-13-21/h3-7,10-13,17-18,29H,8-9,14-16H2,1-2H3/t17-/m0/s1. The predicted octanol–water partition coefficient (Wildman–Crippen LogP) is 4.61. The molecular weight excluding hydrogens is 381 g/mol. The fourth-order valence-electron chi connectivity index (χ4n) is 3.73. The second kappa shape index (κ2) is 8.98. The highest BCUT2D eigenvalue weighted by atomic mass is 19.1. The monoisotopic (exact) mass is 409 g/mol. The Bertz CT molecular complexity index is 962. The summed E-state index contributed by atoms with van der Waals surface area (Å²) in [7, 11) is 1.86. The fraction of sp³-hybridized carbons (Fsp3) is 0.375. The number of halogens is 1. The van der Waals surface area contributed by atoms with Gasteiger partial charge in [0.1, 0.15) is 17.3 Å². The highest BCUT2D eigenvalue weighted by Crippen LogP contribution is 2.36. The number of aliphatic hydroxyl groups is 1. The van der Waals surface area contributed by atoms with Crippen LogP contribution >= 0.6 is 0 Å². The Kier molecular flexibility index (Phi) is 6.16. The van der Waals surface area contributed by atoms with Crippen LogP contribution in [0.4, 0.5) is 4.39 Å². The lowest BCUT2D eigenvalue weighted by atomic mass is 10.1. The molecule has 0 aliphatic heterocycles. The van der Waals surface area contributed by atoms with Crippen LogP contribution in [0, 0.1) is 11.7 Å². The molecule has 1 heterocycles. The fourth-order valence-corrected chi connectivity index (χ4v) is 3.73. The number of benzene rings is 2. The van der Waals surface area contributed by atoms with Crippen LogP contribution in [0.3, 0.4) is 0 Å². The molecule has 2 aromatic carbocycles. The molecule has 0 saturated heterocycles. The van der Waals surface area contributed by atoms with Gasteiger partial charge in [0.05, 0.1) is 11.7 Å². The van der Waals surface area contributed by atoms with E-state index in [1.165, 1.54) is 25.0 Å². The number of aliphatic hydroxyl groups excluding tert-OH is 1. The lowest BCUT2D eigenvalue weighted by molar-refractivity contribution is 0.119. The summed E-state index contributed by atoms with van der Waals surface area (Å²) in [5.41, 5.74) is 2.84. The maximum absolute atomic E-state index is 13.3. The van der Waals surface area contributed by atoms with Gasteiger partial charge in [0.15, 0.2) is 0 Å². The Hall–Kier alpha value is -2.70. The van der Waals surface area contributed by atoms with Gasteiger partial charge in [-0.1, -0.05) is 30.3 Å². The van der Waals surface area contributed by atoms with E-state index in [9.17, 15) is 9.50 Å². The average Bonchev–Trinajstić information content (AvgIpc) is 3.49. The summed E-state index contributed by atoms with van der Waals surface area (Å²) < 4.78 is 21.2. The first-order valence-electron chi connectivity index (χ1n) is 10.4. The first-order valence-corrected chi connectivity index (χ1v) is 10.4. The number of rotatable bonds is 9. The highest BCUT2D eigenvalue weighted by Gasteiger charge is 2.28. The maximum atomic E-state index is 13.3. The zero-order chi connectivity index (χ0) is 21.1. The first kappa shape index (κ1) is 20.6. The normalized spacial score (nSPS) is 14.8. The van der Waals surface area contributed by atoms with E-state index in [2.05, 4.69) is 4.90 Å². The predicted molar refractivity (Wildman–Crippen MR) is 115 cm³/mol. The molecule has 5 nitrogen and oxygen atoms in total. The van der Waals surface area contributed by atoms with Crippen LogP contribution in [0.2, 0.25) is 0 Å². The summed E-state index contributed by atoms with van der Waals surface area (Å²) in [5.74, 6) is 1.59. The number of hydrogen-bond acceptors (Lipinski definition) is 4. The quantitative estimate of drug-likeness (QED) is 0.561. The van der Waals surface area contributed by atoms with Gasteiger partial charge in [0, 0.05) is 32.2 Å². The smallest absolute Gasteiger partial charge is 0.222 e. The van der Waals surface area contributed by atoms with Crippen LogP contribution in [0.5, 0.6) is 11.6 Å². The van der Waals surface area contributed by atoms with Crippen LogP contribution in [0.25, 0.3) is 11.3 Å². The van der Waals surface area contributed by atoms with Crippen LogP contribution in [-0.4, -0.2) is 39.0 Å². The molecule has 0 spiro atoms. The molecule has 0 radical (unpaired) electrons. The Balaban J connectivity index is 1.71.